The molecule has 0 radical (unpaired) electrons. The monoisotopic (exact) mass is 245 g/mol. The first-order valence-electron chi connectivity index (χ1n) is 6.48. The minimum atomic E-state index is 0.481. The Morgan fingerprint density at radius 1 is 1.33 bits per heavy atom. The Morgan fingerprint density at radius 2 is 2.11 bits per heavy atom. The summed E-state index contributed by atoms with van der Waals surface area (Å²) in [6.45, 7) is 2.79. The summed E-state index contributed by atoms with van der Waals surface area (Å²) in [7, 11) is 2.17. The molecular weight excluding hydrogens is 226 g/mol. The van der Waals surface area contributed by atoms with Crippen molar-refractivity contribution in [2.24, 2.45) is 5.73 Å². The van der Waals surface area contributed by atoms with Gasteiger partial charge in [0.05, 0.1) is 12.2 Å². The predicted molar refractivity (Wildman–Crippen MR) is 71.2 cm³/mol. The van der Waals surface area contributed by atoms with Crippen molar-refractivity contribution in [3.63, 3.8) is 0 Å². The summed E-state index contributed by atoms with van der Waals surface area (Å²) < 4.78 is 2.09. The molecule has 3 heterocycles. The fourth-order valence-corrected chi connectivity index (χ4v) is 2.60. The number of pyridine rings is 1. The van der Waals surface area contributed by atoms with Crippen molar-refractivity contribution in [1.82, 2.24) is 19.7 Å². The zero-order valence-electron chi connectivity index (χ0n) is 10.7. The molecule has 0 bridgehead atoms. The van der Waals surface area contributed by atoms with Crippen LogP contribution in [0.15, 0.2) is 18.5 Å². The number of nitrogens with two attached hydrogens (primary N) is 1. The summed E-state index contributed by atoms with van der Waals surface area (Å²) in [5.74, 6) is 0. The van der Waals surface area contributed by atoms with E-state index in [0.29, 0.717) is 12.6 Å². The number of nitrogens with zero attached hydrogens (tertiary/aromatic N) is 4. The first-order valence-corrected chi connectivity index (χ1v) is 6.48. The van der Waals surface area contributed by atoms with E-state index in [9.17, 15) is 0 Å². The molecule has 0 unspecified atom stereocenters. The van der Waals surface area contributed by atoms with Crippen LogP contribution in [-0.2, 0) is 6.54 Å². The summed E-state index contributed by atoms with van der Waals surface area (Å²) in [6, 6.07) is 2.57. The van der Waals surface area contributed by atoms with Gasteiger partial charge in [-0.3, -0.25) is 0 Å². The molecular formula is C13H19N5. The maximum atomic E-state index is 5.63. The summed E-state index contributed by atoms with van der Waals surface area (Å²) in [6.07, 6.45) is 6.05. The van der Waals surface area contributed by atoms with Gasteiger partial charge in [-0.25, -0.2) is 9.67 Å². The Balaban J connectivity index is 1.93. The molecule has 2 N–H and O–H groups in total. The highest BCUT2D eigenvalue weighted by molar-refractivity contribution is 5.75. The number of hydrogen-bond acceptors (Lipinski definition) is 4. The van der Waals surface area contributed by atoms with Crippen LogP contribution in [0.3, 0.4) is 0 Å². The molecule has 5 nitrogen and oxygen atoms in total. The number of hydrogen-bond donors (Lipinski definition) is 1. The molecule has 18 heavy (non-hydrogen) atoms. The van der Waals surface area contributed by atoms with E-state index in [1.807, 2.05) is 12.4 Å². The van der Waals surface area contributed by atoms with Crippen LogP contribution < -0.4 is 5.73 Å². The standard InChI is InChI=1S/C13H19N5/c1-17-4-2-12(3-5-17)18-13-11(9-16-18)6-10(7-14)8-15-13/h6,8-9,12H,2-5,7,14H2,1H3. The molecule has 0 aromatic carbocycles. The molecule has 1 aliphatic heterocycles. The lowest BCUT2D eigenvalue weighted by Gasteiger charge is -2.29. The van der Waals surface area contributed by atoms with Gasteiger partial charge in [0.1, 0.15) is 0 Å². The Hall–Kier alpha value is -1.46. The van der Waals surface area contributed by atoms with Crippen LogP contribution in [0.2, 0.25) is 0 Å². The summed E-state index contributed by atoms with van der Waals surface area (Å²) >= 11 is 0. The quantitative estimate of drug-likeness (QED) is 0.862. The van der Waals surface area contributed by atoms with Crippen molar-refractivity contribution in [1.29, 1.82) is 0 Å². The second kappa shape index (κ2) is 4.66. The van der Waals surface area contributed by atoms with Gasteiger partial charge < -0.3 is 10.6 Å². The smallest absolute Gasteiger partial charge is 0.157 e. The molecule has 0 amide bonds. The van der Waals surface area contributed by atoms with Crippen molar-refractivity contribution in [3.8, 4) is 0 Å². The Kier molecular flexibility index (Phi) is 3.01. The minimum absolute atomic E-state index is 0.481. The SMILES string of the molecule is CN1CCC(n2ncc3cc(CN)cnc32)CC1. The highest BCUT2D eigenvalue weighted by Gasteiger charge is 2.20. The summed E-state index contributed by atoms with van der Waals surface area (Å²) in [5.41, 5.74) is 7.68. The van der Waals surface area contributed by atoms with Crippen LogP contribution in [0.5, 0.6) is 0 Å². The fraction of sp³-hybridized carbons (Fsp3) is 0.538. The van der Waals surface area contributed by atoms with Crippen molar-refractivity contribution in [3.05, 3.63) is 24.0 Å². The van der Waals surface area contributed by atoms with Gasteiger partial charge in [-0.2, -0.15) is 5.10 Å². The third kappa shape index (κ3) is 2.00. The second-order valence-electron chi connectivity index (χ2n) is 5.08. The number of rotatable bonds is 2. The van der Waals surface area contributed by atoms with E-state index in [-0.39, 0.29) is 0 Å². The van der Waals surface area contributed by atoms with Gasteiger partial charge in [0.15, 0.2) is 5.65 Å². The predicted octanol–water partition coefficient (Wildman–Crippen LogP) is 1.16. The molecule has 0 spiro atoms. The fourth-order valence-electron chi connectivity index (χ4n) is 2.60. The Labute approximate surface area is 107 Å². The molecule has 0 saturated carbocycles. The van der Waals surface area contributed by atoms with E-state index in [2.05, 4.69) is 32.8 Å². The van der Waals surface area contributed by atoms with Crippen molar-refractivity contribution < 1.29 is 0 Å². The molecule has 0 aliphatic carbocycles. The van der Waals surface area contributed by atoms with Crippen molar-refractivity contribution in [2.75, 3.05) is 20.1 Å². The average Bonchev–Trinajstić information content (AvgIpc) is 2.82. The van der Waals surface area contributed by atoms with Gasteiger partial charge in [0.25, 0.3) is 0 Å². The maximum absolute atomic E-state index is 5.63. The van der Waals surface area contributed by atoms with Gasteiger partial charge in [0, 0.05) is 18.1 Å². The van der Waals surface area contributed by atoms with Crippen LogP contribution in [-0.4, -0.2) is 39.8 Å². The van der Waals surface area contributed by atoms with E-state index < -0.39 is 0 Å². The van der Waals surface area contributed by atoms with Crippen LogP contribution in [0.1, 0.15) is 24.4 Å². The molecule has 2 aromatic rings. The van der Waals surface area contributed by atoms with Crippen LogP contribution in [0.4, 0.5) is 0 Å². The summed E-state index contributed by atoms with van der Waals surface area (Å²) in [4.78, 5) is 6.88. The zero-order valence-corrected chi connectivity index (χ0v) is 10.7. The topological polar surface area (TPSA) is 60.0 Å². The third-order valence-electron chi connectivity index (χ3n) is 3.76. The van der Waals surface area contributed by atoms with Crippen LogP contribution in [0.25, 0.3) is 11.0 Å². The minimum Gasteiger partial charge on any atom is -0.326 e. The van der Waals surface area contributed by atoms with Crippen LogP contribution >= 0.6 is 0 Å². The molecule has 3 rings (SSSR count). The molecule has 1 aliphatic rings. The molecule has 1 fully saturated rings. The van der Waals surface area contributed by atoms with Gasteiger partial charge in [-0.1, -0.05) is 0 Å². The average molecular weight is 245 g/mol. The molecule has 0 atom stereocenters. The Bertz CT molecular complexity index is 539. The molecule has 5 heteroatoms. The first-order chi connectivity index (χ1) is 8.78. The molecule has 96 valence electrons. The van der Waals surface area contributed by atoms with E-state index >= 15 is 0 Å². The number of likely N-dealkylation sites (tertiary alicyclic amines) is 1. The summed E-state index contributed by atoms with van der Waals surface area (Å²) in [5, 5.41) is 5.61. The van der Waals surface area contributed by atoms with E-state index in [0.717, 1.165) is 42.5 Å². The molecule has 1 saturated heterocycles. The zero-order chi connectivity index (χ0) is 12.5. The van der Waals surface area contributed by atoms with E-state index in [1.165, 1.54) is 0 Å². The first kappa shape index (κ1) is 11.6. The lowest BCUT2D eigenvalue weighted by Crippen LogP contribution is -2.31. The normalized spacial score (nSPS) is 18.6. The van der Waals surface area contributed by atoms with Gasteiger partial charge in [-0.05, 0) is 44.6 Å². The third-order valence-corrected chi connectivity index (χ3v) is 3.76. The Morgan fingerprint density at radius 3 is 2.83 bits per heavy atom. The van der Waals surface area contributed by atoms with Gasteiger partial charge in [0.2, 0.25) is 0 Å². The highest BCUT2D eigenvalue weighted by atomic mass is 15.3. The maximum Gasteiger partial charge on any atom is 0.157 e. The van der Waals surface area contributed by atoms with Gasteiger partial charge in [-0.15, -0.1) is 0 Å². The van der Waals surface area contributed by atoms with Crippen LogP contribution in [0, 0.1) is 0 Å². The lowest BCUT2D eigenvalue weighted by atomic mass is 10.1. The number of piperidine rings is 1. The van der Waals surface area contributed by atoms with E-state index in [4.69, 9.17) is 5.73 Å². The van der Waals surface area contributed by atoms with E-state index in [1.54, 1.807) is 0 Å². The number of fused-ring (bicyclic) bond motifs is 1. The second-order valence-corrected chi connectivity index (χ2v) is 5.08. The largest absolute Gasteiger partial charge is 0.326 e. The van der Waals surface area contributed by atoms with Crippen molar-refractivity contribution in [2.45, 2.75) is 25.4 Å². The molecule has 2 aromatic heterocycles. The van der Waals surface area contributed by atoms with Gasteiger partial charge >= 0.3 is 0 Å². The lowest BCUT2D eigenvalue weighted by molar-refractivity contribution is 0.215. The number of aromatic nitrogens is 3. The van der Waals surface area contributed by atoms with Crippen molar-refractivity contribution >= 4 is 11.0 Å². The highest BCUT2D eigenvalue weighted by Crippen LogP contribution is 2.24.